The summed E-state index contributed by atoms with van der Waals surface area (Å²) >= 11 is 0. The first kappa shape index (κ1) is 14.8. The van der Waals surface area contributed by atoms with E-state index in [0.717, 1.165) is 17.1 Å². The van der Waals surface area contributed by atoms with Crippen LogP contribution in [0.1, 0.15) is 25.5 Å². The highest BCUT2D eigenvalue weighted by Gasteiger charge is 2.22. The maximum absolute atomic E-state index is 5.66. The lowest BCUT2D eigenvalue weighted by molar-refractivity contribution is 0.0486. The zero-order chi connectivity index (χ0) is 13.5. The van der Waals surface area contributed by atoms with Gasteiger partial charge in [-0.05, 0) is 39.1 Å². The average Bonchev–Trinajstić information content (AvgIpc) is 2.39. The SMILES string of the molecule is CCOC(C)C(NC)c1cc(OC)ccc1OC. The van der Waals surface area contributed by atoms with E-state index < -0.39 is 0 Å². The molecule has 2 unspecified atom stereocenters. The average molecular weight is 253 g/mol. The van der Waals surface area contributed by atoms with Crippen LogP contribution < -0.4 is 14.8 Å². The van der Waals surface area contributed by atoms with E-state index in [9.17, 15) is 0 Å². The molecule has 0 heterocycles. The van der Waals surface area contributed by atoms with Gasteiger partial charge in [0.15, 0.2) is 0 Å². The van der Waals surface area contributed by atoms with Gasteiger partial charge < -0.3 is 19.5 Å². The second kappa shape index (κ2) is 7.24. The molecule has 0 aliphatic rings. The molecule has 1 N–H and O–H groups in total. The lowest BCUT2D eigenvalue weighted by atomic mass is 10.0. The van der Waals surface area contributed by atoms with Crippen LogP contribution in [0.2, 0.25) is 0 Å². The first-order chi connectivity index (χ1) is 8.67. The topological polar surface area (TPSA) is 39.7 Å². The lowest BCUT2D eigenvalue weighted by Crippen LogP contribution is -2.30. The first-order valence-electron chi connectivity index (χ1n) is 6.18. The van der Waals surface area contributed by atoms with Crippen molar-refractivity contribution in [2.24, 2.45) is 0 Å². The Morgan fingerprint density at radius 3 is 2.44 bits per heavy atom. The van der Waals surface area contributed by atoms with Gasteiger partial charge >= 0.3 is 0 Å². The van der Waals surface area contributed by atoms with Gasteiger partial charge in [0.25, 0.3) is 0 Å². The van der Waals surface area contributed by atoms with Crippen LogP contribution in [0.15, 0.2) is 18.2 Å². The van der Waals surface area contributed by atoms with E-state index in [-0.39, 0.29) is 12.1 Å². The van der Waals surface area contributed by atoms with E-state index in [0.29, 0.717) is 6.61 Å². The molecule has 1 aromatic rings. The van der Waals surface area contributed by atoms with Crippen molar-refractivity contribution in [1.82, 2.24) is 5.32 Å². The van der Waals surface area contributed by atoms with Gasteiger partial charge in [0.05, 0.1) is 26.4 Å². The Labute approximate surface area is 109 Å². The summed E-state index contributed by atoms with van der Waals surface area (Å²) in [7, 11) is 5.24. The van der Waals surface area contributed by atoms with Crippen LogP contribution in [0.3, 0.4) is 0 Å². The van der Waals surface area contributed by atoms with E-state index >= 15 is 0 Å². The molecule has 0 fully saturated rings. The molecule has 0 aromatic heterocycles. The van der Waals surface area contributed by atoms with Crippen LogP contribution in [-0.4, -0.2) is 34.0 Å². The molecular weight excluding hydrogens is 230 g/mol. The summed E-state index contributed by atoms with van der Waals surface area (Å²) in [5, 5.41) is 3.27. The van der Waals surface area contributed by atoms with Crippen LogP contribution in [0.5, 0.6) is 11.5 Å². The minimum Gasteiger partial charge on any atom is -0.497 e. The largest absolute Gasteiger partial charge is 0.497 e. The van der Waals surface area contributed by atoms with E-state index in [1.807, 2.05) is 39.1 Å². The fourth-order valence-electron chi connectivity index (χ4n) is 2.08. The van der Waals surface area contributed by atoms with E-state index in [1.165, 1.54) is 0 Å². The van der Waals surface area contributed by atoms with Gasteiger partial charge in [0.1, 0.15) is 11.5 Å². The molecule has 0 radical (unpaired) electrons. The summed E-state index contributed by atoms with van der Waals surface area (Å²) in [4.78, 5) is 0. The molecule has 0 bridgehead atoms. The predicted molar refractivity (Wildman–Crippen MR) is 72.4 cm³/mol. The van der Waals surface area contributed by atoms with Gasteiger partial charge in [-0.3, -0.25) is 0 Å². The summed E-state index contributed by atoms with van der Waals surface area (Å²) < 4.78 is 16.3. The molecular formula is C14H23NO3. The van der Waals surface area contributed by atoms with Crippen molar-refractivity contribution in [3.63, 3.8) is 0 Å². The van der Waals surface area contributed by atoms with Crippen molar-refractivity contribution in [3.8, 4) is 11.5 Å². The quantitative estimate of drug-likeness (QED) is 0.810. The summed E-state index contributed by atoms with van der Waals surface area (Å²) in [5.41, 5.74) is 1.04. The number of hydrogen-bond acceptors (Lipinski definition) is 4. The first-order valence-corrected chi connectivity index (χ1v) is 6.18. The Kier molecular flexibility index (Phi) is 5.95. The third-order valence-electron chi connectivity index (χ3n) is 2.98. The van der Waals surface area contributed by atoms with Crippen molar-refractivity contribution < 1.29 is 14.2 Å². The monoisotopic (exact) mass is 253 g/mol. The number of likely N-dealkylation sites (N-methyl/N-ethyl adjacent to an activating group) is 1. The van der Waals surface area contributed by atoms with Gasteiger partial charge in [0.2, 0.25) is 0 Å². The number of rotatable bonds is 7. The zero-order valence-corrected chi connectivity index (χ0v) is 11.8. The highest BCUT2D eigenvalue weighted by molar-refractivity contribution is 5.42. The van der Waals surface area contributed by atoms with E-state index in [2.05, 4.69) is 5.32 Å². The molecule has 0 spiro atoms. The normalized spacial score (nSPS) is 14.1. The number of methoxy groups -OCH3 is 2. The summed E-state index contributed by atoms with van der Waals surface area (Å²) in [6, 6.07) is 5.85. The second-order valence-corrected chi connectivity index (χ2v) is 4.03. The molecule has 0 aliphatic carbocycles. The van der Waals surface area contributed by atoms with Crippen LogP contribution in [0.4, 0.5) is 0 Å². The second-order valence-electron chi connectivity index (χ2n) is 4.03. The third kappa shape index (κ3) is 3.37. The number of ether oxygens (including phenoxy) is 3. The molecule has 2 atom stereocenters. The van der Waals surface area contributed by atoms with Crippen molar-refractivity contribution in [2.45, 2.75) is 26.0 Å². The Balaban J connectivity index is 3.09. The highest BCUT2D eigenvalue weighted by atomic mass is 16.5. The minimum absolute atomic E-state index is 0.0565. The molecule has 1 rings (SSSR count). The molecule has 0 saturated carbocycles. The van der Waals surface area contributed by atoms with Crippen molar-refractivity contribution >= 4 is 0 Å². The third-order valence-corrected chi connectivity index (χ3v) is 2.98. The smallest absolute Gasteiger partial charge is 0.124 e. The van der Waals surface area contributed by atoms with Crippen molar-refractivity contribution in [1.29, 1.82) is 0 Å². The fraction of sp³-hybridized carbons (Fsp3) is 0.571. The maximum atomic E-state index is 5.66. The molecule has 1 aromatic carbocycles. The highest BCUT2D eigenvalue weighted by Crippen LogP contribution is 2.31. The lowest BCUT2D eigenvalue weighted by Gasteiger charge is -2.25. The van der Waals surface area contributed by atoms with Gasteiger partial charge in [-0.2, -0.15) is 0 Å². The van der Waals surface area contributed by atoms with E-state index in [1.54, 1.807) is 14.2 Å². The number of hydrogen-bond donors (Lipinski definition) is 1. The van der Waals surface area contributed by atoms with E-state index in [4.69, 9.17) is 14.2 Å². The van der Waals surface area contributed by atoms with Gasteiger partial charge in [-0.25, -0.2) is 0 Å². The molecule has 4 heteroatoms. The maximum Gasteiger partial charge on any atom is 0.124 e. The van der Waals surface area contributed by atoms with Gasteiger partial charge in [0, 0.05) is 12.2 Å². The Morgan fingerprint density at radius 2 is 1.94 bits per heavy atom. The number of benzene rings is 1. The van der Waals surface area contributed by atoms with Crippen molar-refractivity contribution in [3.05, 3.63) is 23.8 Å². The fourth-order valence-corrected chi connectivity index (χ4v) is 2.08. The summed E-state index contributed by atoms with van der Waals surface area (Å²) in [6.45, 7) is 4.72. The zero-order valence-electron chi connectivity index (χ0n) is 11.8. The van der Waals surface area contributed by atoms with Crippen molar-refractivity contribution in [2.75, 3.05) is 27.9 Å². The van der Waals surface area contributed by atoms with Crippen LogP contribution >= 0.6 is 0 Å². The number of nitrogens with one attached hydrogen (secondary N) is 1. The summed E-state index contributed by atoms with van der Waals surface area (Å²) in [5.74, 6) is 1.65. The van der Waals surface area contributed by atoms with Crippen LogP contribution in [-0.2, 0) is 4.74 Å². The van der Waals surface area contributed by atoms with Crippen LogP contribution in [0, 0.1) is 0 Å². The predicted octanol–water partition coefficient (Wildman–Crippen LogP) is 2.39. The molecule has 0 saturated heterocycles. The summed E-state index contributed by atoms with van der Waals surface area (Å²) in [6.07, 6.45) is 0.0565. The minimum atomic E-state index is 0.0565. The molecule has 0 aliphatic heterocycles. The molecule has 4 nitrogen and oxygen atoms in total. The van der Waals surface area contributed by atoms with Gasteiger partial charge in [-0.15, -0.1) is 0 Å². The van der Waals surface area contributed by atoms with Crippen LogP contribution in [0.25, 0.3) is 0 Å². The Hall–Kier alpha value is -1.26. The standard InChI is InChI=1S/C14H23NO3/c1-6-18-10(2)14(15-3)12-9-11(16-4)7-8-13(12)17-5/h7-10,14-15H,6H2,1-5H3. The molecule has 18 heavy (non-hydrogen) atoms. The Bertz CT molecular complexity index is 368. The molecule has 0 amide bonds. The Morgan fingerprint density at radius 1 is 1.22 bits per heavy atom. The molecule has 102 valence electrons. The van der Waals surface area contributed by atoms with Gasteiger partial charge in [-0.1, -0.05) is 0 Å².